The molecule has 26 rings (SSSR count). The molecular weight excluding hydrogens is 1570 g/mol. The third-order valence-corrected chi connectivity index (χ3v) is 28.6. The van der Waals surface area contributed by atoms with Crippen LogP contribution in [0, 0.1) is 0 Å². The van der Waals surface area contributed by atoms with E-state index >= 15 is 0 Å². The second-order valence-corrected chi connectivity index (χ2v) is 35.5. The van der Waals surface area contributed by atoms with Gasteiger partial charge in [-0.05, 0) is 218 Å². The van der Waals surface area contributed by atoms with Gasteiger partial charge in [0.05, 0.1) is 16.2 Å². The van der Waals surface area contributed by atoms with Crippen LogP contribution in [0.15, 0.2) is 494 Å². The fraction of sp³-hybridized carbons (Fsp3) is 0.0476. The number of anilines is 6. The summed E-state index contributed by atoms with van der Waals surface area (Å²) in [6.45, 7) is 4.76. The lowest BCUT2D eigenvalue weighted by atomic mass is 9.51. The Kier molecular flexibility index (Phi) is 17.7. The van der Waals surface area contributed by atoms with Gasteiger partial charge in [-0.2, -0.15) is 0 Å². The molecule has 0 amide bonds. The van der Waals surface area contributed by atoms with Gasteiger partial charge in [0, 0.05) is 72.2 Å². The zero-order chi connectivity index (χ0) is 86.2. The van der Waals surface area contributed by atoms with Crippen LogP contribution in [0.3, 0.4) is 0 Å². The first kappa shape index (κ1) is 76.1. The van der Waals surface area contributed by atoms with E-state index in [4.69, 9.17) is 8.83 Å². The molecule has 22 aromatic rings. The number of rotatable bonds is 12. The summed E-state index contributed by atoms with van der Waals surface area (Å²) in [5, 5.41) is 4.53. The average Bonchev–Trinajstić information content (AvgIpc) is 1.47. The van der Waals surface area contributed by atoms with Crippen molar-refractivity contribution in [3.8, 4) is 66.8 Å². The van der Waals surface area contributed by atoms with E-state index in [1.165, 1.54) is 122 Å². The fourth-order valence-electron chi connectivity index (χ4n) is 23.0. The predicted molar refractivity (Wildman–Crippen MR) is 537 cm³/mol. The summed E-state index contributed by atoms with van der Waals surface area (Å²) in [6, 6.07) is 178. The first-order valence-corrected chi connectivity index (χ1v) is 45.2. The first-order chi connectivity index (χ1) is 64.2. The van der Waals surface area contributed by atoms with Gasteiger partial charge < -0.3 is 18.6 Å². The van der Waals surface area contributed by atoms with Crippen LogP contribution in [0.5, 0.6) is 0 Å². The molecule has 4 heteroatoms. The van der Waals surface area contributed by atoms with E-state index in [2.05, 4.69) is 491 Å². The van der Waals surface area contributed by atoms with Crippen LogP contribution >= 0.6 is 0 Å². The maximum atomic E-state index is 6.51. The van der Waals surface area contributed by atoms with Crippen LogP contribution in [0.4, 0.5) is 34.1 Å². The molecule has 2 heterocycles. The van der Waals surface area contributed by atoms with Gasteiger partial charge in [-0.15, -0.1) is 0 Å². The Hall–Kier alpha value is -16.4. The smallest absolute Gasteiger partial charge is 0.143 e. The number of benzene rings is 20. The number of nitrogens with zero attached hydrogens (tertiary/aromatic N) is 2. The summed E-state index contributed by atoms with van der Waals surface area (Å²) in [4.78, 5) is 4.81. The fourth-order valence-corrected chi connectivity index (χ4v) is 23.0. The molecule has 0 bridgehead atoms. The Morgan fingerprint density at radius 3 is 0.792 bits per heavy atom. The molecule has 4 nitrogen and oxygen atoms in total. The van der Waals surface area contributed by atoms with Crippen LogP contribution in [0.1, 0.15) is 91.7 Å². The third-order valence-electron chi connectivity index (χ3n) is 28.6. The summed E-state index contributed by atoms with van der Waals surface area (Å²) in [7, 11) is 0. The number of furan rings is 2. The van der Waals surface area contributed by atoms with Crippen molar-refractivity contribution in [3.63, 3.8) is 0 Å². The van der Waals surface area contributed by atoms with Gasteiger partial charge in [0.25, 0.3) is 0 Å². The number of hydrogen-bond donors (Lipinski definition) is 0. The molecule has 0 aliphatic heterocycles. The number of fused-ring (bicyclic) bond motifs is 24. The van der Waals surface area contributed by atoms with Crippen molar-refractivity contribution in [3.05, 3.63) is 563 Å². The van der Waals surface area contributed by atoms with Crippen molar-refractivity contribution in [2.75, 3.05) is 9.80 Å². The van der Waals surface area contributed by atoms with Crippen LogP contribution in [0.2, 0.25) is 0 Å². The summed E-state index contributed by atoms with van der Waals surface area (Å²) in [5.41, 5.74) is 41.2. The Morgan fingerprint density at radius 1 is 0.169 bits per heavy atom. The quantitative estimate of drug-likeness (QED) is 0.122. The van der Waals surface area contributed by atoms with E-state index in [1.807, 2.05) is 18.2 Å². The second kappa shape index (κ2) is 30.2. The topological polar surface area (TPSA) is 32.8 Å². The van der Waals surface area contributed by atoms with E-state index in [-0.39, 0.29) is 5.41 Å². The Balaban J connectivity index is 0.000000142. The SMILES string of the molecule is CC1(C)c2ccccc2C2(c3ccccc3-c3cc(N(c4ccc(-c5ccccc5)cc4)c4ccc(-c5cccc6c5oc5ccccc56)cc4)ccc32)c2ccccc21.c1ccc(-c2ccc(N(c3ccc(-c4cccc5c4oc4ccccc45)cc3)c3ccc4c(c3)-c3ccccc3C43c4ccccc4C(c4ccccc4)(c4ccccc4)c4ccccc43)cc2)cc1. The average molecular weight is 1660 g/mol. The minimum atomic E-state index is -0.577. The summed E-state index contributed by atoms with van der Waals surface area (Å²) >= 11 is 0. The highest BCUT2D eigenvalue weighted by Crippen LogP contribution is 2.67. The summed E-state index contributed by atoms with van der Waals surface area (Å²) in [5.74, 6) is 0. The maximum absolute atomic E-state index is 6.51. The van der Waals surface area contributed by atoms with Crippen LogP contribution in [0.25, 0.3) is 111 Å². The van der Waals surface area contributed by atoms with Crippen molar-refractivity contribution >= 4 is 78.0 Å². The highest BCUT2D eigenvalue weighted by molar-refractivity contribution is 6.11. The lowest BCUT2D eigenvalue weighted by molar-refractivity contribution is 0.563. The van der Waals surface area contributed by atoms with Gasteiger partial charge >= 0.3 is 0 Å². The lowest BCUT2D eigenvalue weighted by Crippen LogP contribution is -2.44. The number of hydrogen-bond acceptors (Lipinski definition) is 4. The highest BCUT2D eigenvalue weighted by atomic mass is 16.3. The predicted octanol–water partition coefficient (Wildman–Crippen LogP) is 32.8. The molecule has 0 saturated carbocycles. The van der Waals surface area contributed by atoms with Gasteiger partial charge in [-0.25, -0.2) is 0 Å². The minimum Gasteiger partial charge on any atom is -0.455 e. The van der Waals surface area contributed by atoms with Crippen molar-refractivity contribution in [1.29, 1.82) is 0 Å². The van der Waals surface area contributed by atoms with Gasteiger partial charge in [0.1, 0.15) is 22.3 Å². The lowest BCUT2D eigenvalue weighted by Gasteiger charge is -2.50. The molecule has 0 atom stereocenters. The molecule has 612 valence electrons. The Labute approximate surface area is 756 Å². The number of para-hydroxylation sites is 4. The van der Waals surface area contributed by atoms with Gasteiger partial charge in [-0.1, -0.05) is 414 Å². The van der Waals surface area contributed by atoms with E-state index in [1.54, 1.807) is 0 Å². The van der Waals surface area contributed by atoms with Gasteiger partial charge in [0.15, 0.2) is 0 Å². The molecule has 4 aliphatic carbocycles. The molecule has 0 fully saturated rings. The molecule has 2 aromatic heterocycles. The van der Waals surface area contributed by atoms with Crippen LogP contribution in [-0.4, -0.2) is 0 Å². The van der Waals surface area contributed by atoms with E-state index in [0.717, 1.165) is 100 Å². The highest BCUT2D eigenvalue weighted by Gasteiger charge is 2.58. The van der Waals surface area contributed by atoms with Crippen LogP contribution < -0.4 is 9.80 Å². The van der Waals surface area contributed by atoms with Gasteiger partial charge in [-0.3, -0.25) is 0 Å². The van der Waals surface area contributed by atoms with E-state index in [9.17, 15) is 0 Å². The van der Waals surface area contributed by atoms with E-state index in [0.29, 0.717) is 0 Å². The zero-order valence-electron chi connectivity index (χ0n) is 71.9. The molecule has 130 heavy (non-hydrogen) atoms. The van der Waals surface area contributed by atoms with Crippen molar-refractivity contribution in [2.24, 2.45) is 0 Å². The largest absolute Gasteiger partial charge is 0.455 e. The Bertz CT molecular complexity index is 8030. The standard InChI is InChI=1S/C68H45NO.C58H41NO/c1-4-19-46(20-5-1)47-35-39-51(40-36-47)69(52-41-37-48(38-42-52)54-27-18-28-57-56-26-11-17-34-65(56)70-66(54)57)53-43-44-60-58(45-53)55-25-10-12-29-59(55)68(60)63-32-15-13-30-61(63)67(49-21-6-2-7-22-49,50-23-8-3-9-24-50)62-31-14-16-33-64(62)68;1-57(2)51-22-9-11-24-53(51)58(54-25-12-10-23-52(54)57)49-21-8-6-17-45(49)48-37-43(35-36-50(48)58)59(41-31-27-39(28-32-41)38-15-4-3-5-16-38)42-33-29-40(30-34-42)44-19-14-20-47-46-18-7-13-26-55(46)60-56(44)47/h1-45H;3-37H,1-2H3. The van der Waals surface area contributed by atoms with Crippen molar-refractivity contribution in [1.82, 2.24) is 0 Å². The van der Waals surface area contributed by atoms with E-state index < -0.39 is 16.2 Å². The maximum Gasteiger partial charge on any atom is 0.143 e. The van der Waals surface area contributed by atoms with Crippen molar-refractivity contribution < 1.29 is 8.83 Å². The monoisotopic (exact) mass is 1660 g/mol. The molecule has 4 aliphatic rings. The first-order valence-electron chi connectivity index (χ1n) is 45.2. The molecular formula is C126H86N2O2. The van der Waals surface area contributed by atoms with Crippen molar-refractivity contribution in [2.45, 2.75) is 35.5 Å². The Morgan fingerprint density at radius 2 is 0.423 bits per heavy atom. The molecule has 0 saturated heterocycles. The normalized spacial score (nSPS) is 13.9. The summed E-state index contributed by atoms with van der Waals surface area (Å²) < 4.78 is 13.0. The second-order valence-electron chi connectivity index (χ2n) is 35.5. The van der Waals surface area contributed by atoms with Gasteiger partial charge in [0.2, 0.25) is 0 Å². The molecule has 20 aromatic carbocycles. The molecule has 2 spiro atoms. The third kappa shape index (κ3) is 11.4. The molecule has 0 radical (unpaired) electrons. The molecule has 0 N–H and O–H groups in total. The zero-order valence-corrected chi connectivity index (χ0v) is 71.9. The molecule has 0 unspecified atom stereocenters. The summed E-state index contributed by atoms with van der Waals surface area (Å²) in [6.07, 6.45) is 0. The van der Waals surface area contributed by atoms with Crippen LogP contribution in [-0.2, 0) is 21.7 Å². The minimum absolute atomic E-state index is 0.138.